The first-order chi connectivity index (χ1) is 7.59. The summed E-state index contributed by atoms with van der Waals surface area (Å²) in [5.41, 5.74) is 1.97. The summed E-state index contributed by atoms with van der Waals surface area (Å²) in [5, 5.41) is 0.497. The largest absolute Gasteiger partial charge is 0.127 e. The lowest BCUT2D eigenvalue weighted by molar-refractivity contribution is 1.17. The molecule has 0 radical (unpaired) electrons. The fraction of sp³-hybridized carbons (Fsp3) is 0.167. The summed E-state index contributed by atoms with van der Waals surface area (Å²) in [6.45, 7) is 1.97. The van der Waals surface area contributed by atoms with Gasteiger partial charge in [0.2, 0.25) is 0 Å². The molecule has 84 valence electrons. The van der Waals surface area contributed by atoms with Gasteiger partial charge in [0.25, 0.3) is 0 Å². The van der Waals surface area contributed by atoms with E-state index in [1.807, 2.05) is 37.3 Å². The number of rotatable bonds is 2. The van der Waals surface area contributed by atoms with Gasteiger partial charge in [-0.1, -0.05) is 41.4 Å². The van der Waals surface area contributed by atoms with Gasteiger partial charge in [-0.05, 0) is 30.2 Å². The van der Waals surface area contributed by atoms with E-state index in [1.165, 1.54) is 11.3 Å². The van der Waals surface area contributed by atoms with Crippen LogP contribution >= 0.6 is 46.1 Å². The summed E-state index contributed by atoms with van der Waals surface area (Å²) in [6, 6.07) is 9.66. The third kappa shape index (κ3) is 2.38. The van der Waals surface area contributed by atoms with Gasteiger partial charge in [-0.2, -0.15) is 0 Å². The fourth-order valence-corrected chi connectivity index (χ4v) is 3.22. The van der Waals surface area contributed by atoms with Crippen molar-refractivity contribution in [1.29, 1.82) is 0 Å². The molecule has 4 heteroatoms. The van der Waals surface area contributed by atoms with Crippen molar-refractivity contribution in [1.82, 2.24) is 0 Å². The molecule has 0 saturated heterocycles. The molecule has 0 amide bonds. The summed E-state index contributed by atoms with van der Waals surface area (Å²) >= 11 is 20.0. The smallest absolute Gasteiger partial charge is 0.0942 e. The van der Waals surface area contributed by atoms with Crippen LogP contribution in [0.2, 0.25) is 9.36 Å². The average molecular weight is 292 g/mol. The van der Waals surface area contributed by atoms with E-state index in [1.54, 1.807) is 0 Å². The lowest BCUT2D eigenvalue weighted by atomic mass is 10.1. The topological polar surface area (TPSA) is 0 Å². The van der Waals surface area contributed by atoms with Gasteiger partial charge in [-0.15, -0.1) is 22.9 Å². The third-order valence-corrected chi connectivity index (χ3v) is 4.75. The van der Waals surface area contributed by atoms with Crippen LogP contribution in [0, 0.1) is 6.92 Å². The molecule has 0 aliphatic carbocycles. The van der Waals surface area contributed by atoms with Crippen LogP contribution in [0.1, 0.15) is 21.4 Å². The van der Waals surface area contributed by atoms with Crippen LogP contribution in [0.25, 0.3) is 0 Å². The number of hydrogen-bond acceptors (Lipinski definition) is 1. The maximum Gasteiger partial charge on any atom is 0.0942 e. The molecule has 0 nitrogen and oxygen atoms in total. The highest BCUT2D eigenvalue weighted by Gasteiger charge is 2.16. The Morgan fingerprint density at radius 3 is 2.50 bits per heavy atom. The zero-order valence-electron chi connectivity index (χ0n) is 8.51. The first-order valence-electron chi connectivity index (χ1n) is 4.74. The van der Waals surface area contributed by atoms with Gasteiger partial charge in [-0.3, -0.25) is 0 Å². The molecule has 1 atom stereocenters. The van der Waals surface area contributed by atoms with Crippen LogP contribution in [0.3, 0.4) is 0 Å². The zero-order chi connectivity index (χ0) is 11.7. The summed E-state index contributed by atoms with van der Waals surface area (Å²) in [7, 11) is 0. The van der Waals surface area contributed by atoms with E-state index >= 15 is 0 Å². The maximum absolute atomic E-state index is 6.39. The van der Waals surface area contributed by atoms with Crippen LogP contribution in [0.15, 0.2) is 30.3 Å². The summed E-state index contributed by atoms with van der Waals surface area (Å²) < 4.78 is 0.740. The van der Waals surface area contributed by atoms with Crippen LogP contribution < -0.4 is 0 Å². The number of alkyl halides is 1. The van der Waals surface area contributed by atoms with E-state index in [0.717, 1.165) is 25.4 Å². The Hall–Kier alpha value is -0.210. The van der Waals surface area contributed by atoms with E-state index in [-0.39, 0.29) is 5.38 Å². The molecule has 16 heavy (non-hydrogen) atoms. The van der Waals surface area contributed by atoms with E-state index in [9.17, 15) is 0 Å². The molecule has 0 N–H and O–H groups in total. The lowest BCUT2D eigenvalue weighted by Crippen LogP contribution is -1.92. The molecular formula is C12H9Cl3S. The van der Waals surface area contributed by atoms with Gasteiger partial charge < -0.3 is 0 Å². The molecule has 0 spiro atoms. The van der Waals surface area contributed by atoms with Crippen LogP contribution in [0.5, 0.6) is 0 Å². The second kappa shape index (κ2) is 4.97. The van der Waals surface area contributed by atoms with Crippen molar-refractivity contribution < 1.29 is 0 Å². The maximum atomic E-state index is 6.39. The molecule has 1 aromatic carbocycles. The normalized spacial score (nSPS) is 12.8. The molecule has 2 aromatic rings. The molecule has 0 saturated carbocycles. The minimum Gasteiger partial charge on any atom is -0.127 e. The predicted octanol–water partition coefficient (Wildman–Crippen LogP) is 5.69. The van der Waals surface area contributed by atoms with Gasteiger partial charge in [-0.25, -0.2) is 0 Å². The number of hydrogen-bond donors (Lipinski definition) is 0. The summed E-state index contributed by atoms with van der Waals surface area (Å²) in [5.74, 6) is 0. The molecular weight excluding hydrogens is 283 g/mol. The first kappa shape index (κ1) is 12.3. The molecule has 0 aliphatic heterocycles. The van der Waals surface area contributed by atoms with Crippen molar-refractivity contribution in [2.24, 2.45) is 0 Å². The highest BCUT2D eigenvalue weighted by atomic mass is 35.5. The van der Waals surface area contributed by atoms with E-state index < -0.39 is 0 Å². The van der Waals surface area contributed by atoms with E-state index in [2.05, 4.69) is 0 Å². The van der Waals surface area contributed by atoms with Crippen molar-refractivity contribution in [2.75, 3.05) is 0 Å². The fourth-order valence-electron chi connectivity index (χ4n) is 1.48. The van der Waals surface area contributed by atoms with Crippen LogP contribution in [-0.2, 0) is 0 Å². The quantitative estimate of drug-likeness (QED) is 0.623. The molecule has 1 heterocycles. The van der Waals surface area contributed by atoms with Gasteiger partial charge in [0.05, 0.1) is 9.71 Å². The van der Waals surface area contributed by atoms with Crippen LogP contribution in [0.4, 0.5) is 0 Å². The zero-order valence-corrected chi connectivity index (χ0v) is 11.6. The Labute approximate surface area is 114 Å². The second-order valence-electron chi connectivity index (χ2n) is 3.48. The Morgan fingerprint density at radius 2 is 1.88 bits per heavy atom. The highest BCUT2D eigenvalue weighted by molar-refractivity contribution is 7.16. The number of halogens is 3. The standard InChI is InChI=1S/C12H9Cl3S/c1-7-3-2-4-8(11(7)14)12(15)9-5-6-10(13)16-9/h2-6,12H,1H3. The minimum absolute atomic E-state index is 0.232. The van der Waals surface area contributed by atoms with Crippen molar-refractivity contribution >= 4 is 46.1 Å². The second-order valence-corrected chi connectivity index (χ2v) is 6.04. The summed E-state index contributed by atoms with van der Waals surface area (Å²) in [4.78, 5) is 1.01. The van der Waals surface area contributed by atoms with E-state index in [0.29, 0.717) is 0 Å². The Balaban J connectivity index is 2.41. The van der Waals surface area contributed by atoms with Crippen molar-refractivity contribution in [3.63, 3.8) is 0 Å². The van der Waals surface area contributed by atoms with Gasteiger partial charge in [0.1, 0.15) is 0 Å². The molecule has 0 aliphatic rings. The van der Waals surface area contributed by atoms with Crippen molar-refractivity contribution in [3.05, 3.63) is 55.7 Å². The third-order valence-electron chi connectivity index (χ3n) is 2.34. The summed E-state index contributed by atoms with van der Waals surface area (Å²) in [6.07, 6.45) is 0. The highest BCUT2D eigenvalue weighted by Crippen LogP contribution is 2.39. The molecule has 1 unspecified atom stereocenters. The van der Waals surface area contributed by atoms with Crippen molar-refractivity contribution in [3.8, 4) is 0 Å². The first-order valence-corrected chi connectivity index (χ1v) is 6.75. The molecule has 0 bridgehead atoms. The number of thiophene rings is 1. The number of benzene rings is 1. The van der Waals surface area contributed by atoms with Gasteiger partial charge in [0, 0.05) is 9.90 Å². The van der Waals surface area contributed by atoms with Crippen molar-refractivity contribution in [2.45, 2.75) is 12.3 Å². The Kier molecular flexibility index (Phi) is 3.81. The van der Waals surface area contributed by atoms with Gasteiger partial charge in [0.15, 0.2) is 0 Å². The molecule has 1 aromatic heterocycles. The average Bonchev–Trinajstić information content (AvgIpc) is 2.68. The van der Waals surface area contributed by atoms with Gasteiger partial charge >= 0.3 is 0 Å². The lowest BCUT2D eigenvalue weighted by Gasteiger charge is -2.11. The Bertz CT molecular complexity index is 505. The molecule has 2 rings (SSSR count). The van der Waals surface area contributed by atoms with Crippen LogP contribution in [-0.4, -0.2) is 0 Å². The monoisotopic (exact) mass is 290 g/mol. The Morgan fingerprint density at radius 1 is 1.12 bits per heavy atom. The SMILES string of the molecule is Cc1cccc(C(Cl)c2ccc(Cl)s2)c1Cl. The van der Waals surface area contributed by atoms with E-state index in [4.69, 9.17) is 34.8 Å². The minimum atomic E-state index is -0.232. The number of aryl methyl sites for hydroxylation is 1. The molecule has 0 fully saturated rings. The predicted molar refractivity (Wildman–Crippen MR) is 73.2 cm³/mol.